The van der Waals surface area contributed by atoms with Crippen molar-refractivity contribution in [3.8, 4) is 0 Å². The Labute approximate surface area is 97.7 Å². The monoisotopic (exact) mass is 224 g/mol. The summed E-state index contributed by atoms with van der Waals surface area (Å²) in [5.74, 6) is 0. The average molecular weight is 224 g/mol. The molecule has 0 bridgehead atoms. The average Bonchev–Trinajstić information content (AvgIpc) is 2.22. The molecule has 1 aromatic rings. The summed E-state index contributed by atoms with van der Waals surface area (Å²) >= 11 is 0. The van der Waals surface area contributed by atoms with Gasteiger partial charge in [-0.2, -0.15) is 0 Å². The fourth-order valence-electron chi connectivity index (χ4n) is 0.938. The fourth-order valence-corrected chi connectivity index (χ4v) is 2.13. The summed E-state index contributed by atoms with van der Waals surface area (Å²) in [5.41, 5.74) is 0. The standard InChI is InChI=1S/C9H14Si.C3H8.C2H6/c1-10(2,3)9-7-5-4-6-8-9;1-3-2;1-2/h4-8H,1-3H3;3H2,1-2H3;1-2H3. The highest BCUT2D eigenvalue weighted by Gasteiger charge is 2.14. The maximum Gasteiger partial charge on any atom is 0.0775 e. The minimum atomic E-state index is -1.03. The van der Waals surface area contributed by atoms with Gasteiger partial charge in [0.15, 0.2) is 0 Å². The molecule has 0 aliphatic rings. The van der Waals surface area contributed by atoms with E-state index in [1.807, 2.05) is 13.8 Å². The van der Waals surface area contributed by atoms with E-state index >= 15 is 0 Å². The van der Waals surface area contributed by atoms with Crippen molar-refractivity contribution in [2.75, 3.05) is 0 Å². The van der Waals surface area contributed by atoms with E-state index < -0.39 is 8.07 Å². The molecule has 0 aliphatic carbocycles. The summed E-state index contributed by atoms with van der Waals surface area (Å²) in [5, 5.41) is 1.54. The first kappa shape index (κ1) is 16.9. The molecule has 1 rings (SSSR count). The van der Waals surface area contributed by atoms with Gasteiger partial charge in [-0.3, -0.25) is 0 Å². The Morgan fingerprint density at radius 3 is 1.40 bits per heavy atom. The summed E-state index contributed by atoms with van der Waals surface area (Å²) in [6, 6.07) is 10.8. The Kier molecular flexibility index (Phi) is 11.2. The van der Waals surface area contributed by atoms with E-state index in [2.05, 4.69) is 63.8 Å². The van der Waals surface area contributed by atoms with Gasteiger partial charge >= 0.3 is 0 Å². The summed E-state index contributed by atoms with van der Waals surface area (Å²) in [6.45, 7) is 15.3. The maximum absolute atomic E-state index is 2.36. The van der Waals surface area contributed by atoms with Gasteiger partial charge in [0, 0.05) is 0 Å². The van der Waals surface area contributed by atoms with Crippen molar-refractivity contribution < 1.29 is 0 Å². The molecule has 0 fully saturated rings. The van der Waals surface area contributed by atoms with Crippen LogP contribution in [0.4, 0.5) is 0 Å². The van der Waals surface area contributed by atoms with Crippen LogP contribution in [0.15, 0.2) is 30.3 Å². The number of rotatable bonds is 1. The van der Waals surface area contributed by atoms with Crippen LogP contribution in [0.1, 0.15) is 34.1 Å². The van der Waals surface area contributed by atoms with Crippen LogP contribution in [0, 0.1) is 0 Å². The molecule has 0 nitrogen and oxygen atoms in total. The highest BCUT2D eigenvalue weighted by molar-refractivity contribution is 6.88. The third-order valence-electron chi connectivity index (χ3n) is 1.64. The third kappa shape index (κ3) is 9.73. The molecule has 15 heavy (non-hydrogen) atoms. The van der Waals surface area contributed by atoms with Gasteiger partial charge in [-0.05, 0) is 0 Å². The molecule has 0 radical (unpaired) electrons. The van der Waals surface area contributed by atoms with Gasteiger partial charge in [-0.25, -0.2) is 0 Å². The van der Waals surface area contributed by atoms with Gasteiger partial charge in [0.2, 0.25) is 0 Å². The minimum Gasteiger partial charge on any atom is -0.0683 e. The maximum atomic E-state index is 2.36. The van der Waals surface area contributed by atoms with E-state index in [0.29, 0.717) is 0 Å². The molecule has 88 valence electrons. The number of hydrogen-bond acceptors (Lipinski definition) is 0. The molecule has 0 aromatic heterocycles. The Hall–Kier alpha value is -0.563. The van der Waals surface area contributed by atoms with Crippen molar-refractivity contribution in [2.24, 2.45) is 0 Å². The van der Waals surface area contributed by atoms with Crippen molar-refractivity contribution in [1.29, 1.82) is 0 Å². The second-order valence-electron chi connectivity index (χ2n) is 4.32. The number of hydrogen-bond donors (Lipinski definition) is 0. The van der Waals surface area contributed by atoms with Crippen LogP contribution in [-0.2, 0) is 0 Å². The molecule has 0 saturated heterocycles. The predicted octanol–water partition coefficient (Wildman–Crippen LogP) is 4.67. The Morgan fingerprint density at radius 1 is 0.867 bits per heavy atom. The Balaban J connectivity index is 0. The lowest BCUT2D eigenvalue weighted by atomic mass is 10.4. The van der Waals surface area contributed by atoms with Crippen LogP contribution in [-0.4, -0.2) is 8.07 Å². The lowest BCUT2D eigenvalue weighted by Crippen LogP contribution is -2.37. The van der Waals surface area contributed by atoms with Crippen LogP contribution in [0.25, 0.3) is 0 Å². The topological polar surface area (TPSA) is 0 Å². The van der Waals surface area contributed by atoms with E-state index in [-0.39, 0.29) is 0 Å². The molecular weight excluding hydrogens is 196 g/mol. The molecule has 0 amide bonds. The molecule has 0 unspecified atom stereocenters. The first-order valence-corrected chi connectivity index (χ1v) is 9.57. The molecule has 1 aromatic carbocycles. The predicted molar refractivity (Wildman–Crippen MR) is 76.7 cm³/mol. The number of benzene rings is 1. The Bertz CT molecular complexity index is 209. The summed E-state index contributed by atoms with van der Waals surface area (Å²) in [7, 11) is -1.03. The highest BCUT2D eigenvalue weighted by atomic mass is 28.3. The van der Waals surface area contributed by atoms with Gasteiger partial charge in [-0.1, -0.05) is 89.3 Å². The van der Waals surface area contributed by atoms with Crippen LogP contribution in [0.5, 0.6) is 0 Å². The van der Waals surface area contributed by atoms with Crippen LogP contribution < -0.4 is 5.19 Å². The lowest BCUT2D eigenvalue weighted by Gasteiger charge is -2.15. The molecule has 0 N–H and O–H groups in total. The highest BCUT2D eigenvalue weighted by Crippen LogP contribution is 2.00. The van der Waals surface area contributed by atoms with E-state index in [4.69, 9.17) is 0 Å². The lowest BCUT2D eigenvalue weighted by molar-refractivity contribution is 1.09. The van der Waals surface area contributed by atoms with Gasteiger partial charge < -0.3 is 0 Å². The third-order valence-corrected chi connectivity index (χ3v) is 3.71. The summed E-state index contributed by atoms with van der Waals surface area (Å²) in [6.07, 6.45) is 1.25. The quantitative estimate of drug-likeness (QED) is 0.608. The van der Waals surface area contributed by atoms with Crippen molar-refractivity contribution in [2.45, 2.75) is 53.8 Å². The van der Waals surface area contributed by atoms with Gasteiger partial charge in [0.1, 0.15) is 0 Å². The van der Waals surface area contributed by atoms with E-state index in [0.717, 1.165) is 0 Å². The Morgan fingerprint density at radius 2 is 1.20 bits per heavy atom. The van der Waals surface area contributed by atoms with Crippen molar-refractivity contribution in [3.63, 3.8) is 0 Å². The first-order chi connectivity index (χ1) is 7.02. The SMILES string of the molecule is CC.CCC.C[Si](C)(C)c1ccccc1. The molecule has 0 atom stereocenters. The van der Waals surface area contributed by atoms with Crippen LogP contribution in [0.2, 0.25) is 19.6 Å². The second-order valence-corrected chi connectivity index (χ2v) is 9.40. The fraction of sp³-hybridized carbons (Fsp3) is 0.571. The van der Waals surface area contributed by atoms with Gasteiger partial charge in [0.25, 0.3) is 0 Å². The summed E-state index contributed by atoms with van der Waals surface area (Å²) < 4.78 is 0. The molecular formula is C14H28Si. The largest absolute Gasteiger partial charge is 0.0775 e. The van der Waals surface area contributed by atoms with E-state index in [9.17, 15) is 0 Å². The van der Waals surface area contributed by atoms with Gasteiger partial charge in [-0.15, -0.1) is 0 Å². The van der Waals surface area contributed by atoms with Crippen molar-refractivity contribution in [1.82, 2.24) is 0 Å². The first-order valence-electron chi connectivity index (χ1n) is 6.07. The van der Waals surface area contributed by atoms with Crippen molar-refractivity contribution >= 4 is 13.3 Å². The van der Waals surface area contributed by atoms with Crippen LogP contribution in [0.3, 0.4) is 0 Å². The summed E-state index contributed by atoms with van der Waals surface area (Å²) in [4.78, 5) is 0. The van der Waals surface area contributed by atoms with Crippen molar-refractivity contribution in [3.05, 3.63) is 30.3 Å². The molecule has 0 aliphatic heterocycles. The van der Waals surface area contributed by atoms with E-state index in [1.165, 1.54) is 11.6 Å². The normalized spacial score (nSPS) is 9.27. The zero-order valence-electron chi connectivity index (χ0n) is 11.6. The molecule has 0 saturated carbocycles. The molecule has 0 heterocycles. The minimum absolute atomic E-state index is 1.03. The van der Waals surface area contributed by atoms with Crippen LogP contribution >= 0.6 is 0 Å². The zero-order chi connectivity index (χ0) is 12.3. The van der Waals surface area contributed by atoms with Gasteiger partial charge in [0.05, 0.1) is 8.07 Å². The molecule has 0 spiro atoms. The zero-order valence-corrected chi connectivity index (χ0v) is 12.6. The molecule has 1 heteroatoms. The second kappa shape index (κ2) is 9.97. The smallest absolute Gasteiger partial charge is 0.0683 e. The van der Waals surface area contributed by atoms with E-state index in [1.54, 1.807) is 0 Å².